The maximum absolute atomic E-state index is 11.0. The van der Waals surface area contributed by atoms with Crippen LogP contribution in [0.5, 0.6) is 0 Å². The third kappa shape index (κ3) is 2.04. The first-order valence-corrected chi connectivity index (χ1v) is 6.40. The Labute approximate surface area is 120 Å². The zero-order valence-corrected chi connectivity index (χ0v) is 11.4. The molecule has 2 aromatic carbocycles. The van der Waals surface area contributed by atoms with Crippen LogP contribution < -0.4 is 0 Å². The number of benzene rings is 2. The van der Waals surface area contributed by atoms with Gasteiger partial charge in [0.25, 0.3) is 0 Å². The van der Waals surface area contributed by atoms with Crippen LogP contribution in [-0.2, 0) is 7.05 Å². The summed E-state index contributed by atoms with van der Waals surface area (Å²) in [6.45, 7) is 0. The normalized spacial score (nSPS) is 10.9. The number of aromatic nitrogens is 2. The monoisotopic (exact) mass is 286 g/mol. The van der Waals surface area contributed by atoms with Crippen molar-refractivity contribution in [2.24, 2.45) is 7.05 Å². The van der Waals surface area contributed by atoms with E-state index >= 15 is 0 Å². The van der Waals surface area contributed by atoms with E-state index in [0.29, 0.717) is 10.5 Å². The van der Waals surface area contributed by atoms with Gasteiger partial charge in [-0.3, -0.25) is 0 Å². The van der Waals surface area contributed by atoms with Crippen molar-refractivity contribution < 1.29 is 9.90 Å². The van der Waals surface area contributed by atoms with E-state index in [1.54, 1.807) is 30.3 Å². The van der Waals surface area contributed by atoms with Gasteiger partial charge < -0.3 is 9.67 Å². The molecule has 0 atom stereocenters. The van der Waals surface area contributed by atoms with Gasteiger partial charge in [-0.05, 0) is 42.5 Å². The van der Waals surface area contributed by atoms with Crippen molar-refractivity contribution >= 4 is 28.6 Å². The molecule has 3 rings (SSSR count). The number of hydrogen-bond acceptors (Lipinski definition) is 2. The highest BCUT2D eigenvalue weighted by molar-refractivity contribution is 6.30. The lowest BCUT2D eigenvalue weighted by atomic mass is 10.2. The van der Waals surface area contributed by atoms with Crippen molar-refractivity contribution in [2.45, 2.75) is 0 Å². The van der Waals surface area contributed by atoms with Crippen LogP contribution in [0, 0.1) is 0 Å². The van der Waals surface area contributed by atoms with Crippen molar-refractivity contribution in [3.63, 3.8) is 0 Å². The molecule has 0 saturated heterocycles. The van der Waals surface area contributed by atoms with Gasteiger partial charge in [0, 0.05) is 17.6 Å². The SMILES string of the molecule is Cn1c(-c2ccc(Cl)cc2)nc2cc(C(=O)O)ccc21. The van der Waals surface area contributed by atoms with Gasteiger partial charge in [0.1, 0.15) is 5.82 Å². The second-order valence-electron chi connectivity index (χ2n) is 4.51. The van der Waals surface area contributed by atoms with E-state index in [2.05, 4.69) is 4.98 Å². The number of carboxylic acids is 1. The van der Waals surface area contributed by atoms with Gasteiger partial charge in [0.15, 0.2) is 0 Å². The molecule has 0 aliphatic heterocycles. The maximum Gasteiger partial charge on any atom is 0.335 e. The molecule has 0 amide bonds. The minimum absolute atomic E-state index is 0.234. The van der Waals surface area contributed by atoms with Gasteiger partial charge in [-0.2, -0.15) is 0 Å². The molecule has 0 bridgehead atoms. The molecule has 0 saturated carbocycles. The predicted octanol–water partition coefficient (Wildman–Crippen LogP) is 3.59. The number of hydrogen-bond donors (Lipinski definition) is 1. The molecule has 100 valence electrons. The Hall–Kier alpha value is -2.33. The molecule has 0 spiro atoms. The highest BCUT2D eigenvalue weighted by Gasteiger charge is 2.12. The summed E-state index contributed by atoms with van der Waals surface area (Å²) in [6.07, 6.45) is 0. The predicted molar refractivity (Wildman–Crippen MR) is 78.1 cm³/mol. The van der Waals surface area contributed by atoms with Crippen molar-refractivity contribution in [2.75, 3.05) is 0 Å². The minimum Gasteiger partial charge on any atom is -0.478 e. The van der Waals surface area contributed by atoms with Crippen molar-refractivity contribution in [1.29, 1.82) is 0 Å². The average Bonchev–Trinajstić information content (AvgIpc) is 2.76. The van der Waals surface area contributed by atoms with Crippen LogP contribution in [0.15, 0.2) is 42.5 Å². The van der Waals surface area contributed by atoms with Gasteiger partial charge >= 0.3 is 5.97 Å². The van der Waals surface area contributed by atoms with Crippen LogP contribution in [-0.4, -0.2) is 20.6 Å². The number of imidazole rings is 1. The molecule has 20 heavy (non-hydrogen) atoms. The van der Waals surface area contributed by atoms with Crippen LogP contribution >= 0.6 is 11.6 Å². The molecular weight excluding hydrogens is 276 g/mol. The van der Waals surface area contributed by atoms with Gasteiger partial charge in [-0.25, -0.2) is 9.78 Å². The van der Waals surface area contributed by atoms with E-state index in [4.69, 9.17) is 16.7 Å². The topological polar surface area (TPSA) is 55.1 Å². The van der Waals surface area contributed by atoms with Gasteiger partial charge in [0.05, 0.1) is 16.6 Å². The number of rotatable bonds is 2. The molecule has 0 aliphatic carbocycles. The van der Waals surface area contributed by atoms with Gasteiger partial charge in [0.2, 0.25) is 0 Å². The molecule has 5 heteroatoms. The summed E-state index contributed by atoms with van der Waals surface area (Å²) < 4.78 is 1.93. The van der Waals surface area contributed by atoms with E-state index in [9.17, 15) is 4.79 Å². The number of halogens is 1. The second kappa shape index (κ2) is 4.65. The summed E-state index contributed by atoms with van der Waals surface area (Å²) in [5, 5.41) is 9.69. The lowest BCUT2D eigenvalue weighted by Crippen LogP contribution is -1.95. The Kier molecular flexibility index (Phi) is 2.95. The highest BCUT2D eigenvalue weighted by atomic mass is 35.5. The summed E-state index contributed by atoms with van der Waals surface area (Å²) >= 11 is 5.88. The number of aromatic carboxylic acids is 1. The first-order chi connectivity index (χ1) is 9.56. The number of carbonyl (C=O) groups is 1. The number of carboxylic acid groups (broad SMARTS) is 1. The molecule has 1 heterocycles. The van der Waals surface area contributed by atoms with Crippen LogP contribution in [0.3, 0.4) is 0 Å². The van der Waals surface area contributed by atoms with E-state index in [1.807, 2.05) is 23.7 Å². The Bertz CT molecular complexity index is 807. The molecule has 0 aliphatic rings. The zero-order valence-electron chi connectivity index (χ0n) is 10.7. The average molecular weight is 287 g/mol. The van der Waals surface area contributed by atoms with Crippen LogP contribution in [0.4, 0.5) is 0 Å². The summed E-state index contributed by atoms with van der Waals surface area (Å²) in [4.78, 5) is 15.5. The summed E-state index contributed by atoms with van der Waals surface area (Å²) in [5.74, 6) is -0.176. The molecular formula is C15H11ClN2O2. The van der Waals surface area contributed by atoms with Crippen LogP contribution in [0.25, 0.3) is 22.4 Å². The molecule has 1 N–H and O–H groups in total. The van der Waals surface area contributed by atoms with E-state index in [1.165, 1.54) is 0 Å². The summed E-state index contributed by atoms with van der Waals surface area (Å²) in [7, 11) is 1.90. The fraction of sp³-hybridized carbons (Fsp3) is 0.0667. The van der Waals surface area contributed by atoms with Crippen LogP contribution in [0.1, 0.15) is 10.4 Å². The molecule has 0 fully saturated rings. The molecule has 0 radical (unpaired) electrons. The summed E-state index contributed by atoms with van der Waals surface area (Å²) in [6, 6.07) is 12.3. The van der Waals surface area contributed by atoms with Crippen LogP contribution in [0.2, 0.25) is 5.02 Å². The quantitative estimate of drug-likeness (QED) is 0.783. The third-order valence-corrected chi connectivity index (χ3v) is 3.48. The lowest BCUT2D eigenvalue weighted by molar-refractivity contribution is 0.0697. The third-order valence-electron chi connectivity index (χ3n) is 3.23. The molecule has 0 unspecified atom stereocenters. The zero-order chi connectivity index (χ0) is 14.3. The highest BCUT2D eigenvalue weighted by Crippen LogP contribution is 2.25. The van der Waals surface area contributed by atoms with Crippen molar-refractivity contribution in [1.82, 2.24) is 9.55 Å². The van der Waals surface area contributed by atoms with Gasteiger partial charge in [-0.1, -0.05) is 11.6 Å². The number of fused-ring (bicyclic) bond motifs is 1. The minimum atomic E-state index is -0.953. The first-order valence-electron chi connectivity index (χ1n) is 6.02. The smallest absolute Gasteiger partial charge is 0.335 e. The van der Waals surface area contributed by atoms with Crippen molar-refractivity contribution in [3.05, 3.63) is 53.1 Å². The fourth-order valence-electron chi connectivity index (χ4n) is 2.19. The standard InChI is InChI=1S/C15H11ClN2O2/c1-18-13-7-4-10(15(19)20)8-12(13)17-14(18)9-2-5-11(16)6-3-9/h2-8H,1H3,(H,19,20). The fourth-order valence-corrected chi connectivity index (χ4v) is 2.32. The molecule has 3 aromatic rings. The Morgan fingerprint density at radius 3 is 2.55 bits per heavy atom. The number of nitrogens with zero attached hydrogens (tertiary/aromatic N) is 2. The summed E-state index contributed by atoms with van der Waals surface area (Å²) in [5.41, 5.74) is 2.72. The molecule has 1 aromatic heterocycles. The largest absolute Gasteiger partial charge is 0.478 e. The number of aryl methyl sites for hydroxylation is 1. The Morgan fingerprint density at radius 1 is 1.20 bits per heavy atom. The lowest BCUT2D eigenvalue weighted by Gasteiger charge is -2.02. The Balaban J connectivity index is 2.19. The second-order valence-corrected chi connectivity index (χ2v) is 4.95. The maximum atomic E-state index is 11.0. The van der Waals surface area contributed by atoms with Crippen molar-refractivity contribution in [3.8, 4) is 11.4 Å². The van der Waals surface area contributed by atoms with Gasteiger partial charge in [-0.15, -0.1) is 0 Å². The van der Waals surface area contributed by atoms with E-state index < -0.39 is 5.97 Å². The van der Waals surface area contributed by atoms with E-state index in [0.717, 1.165) is 16.9 Å². The Morgan fingerprint density at radius 2 is 1.90 bits per heavy atom. The first kappa shape index (κ1) is 12.7. The van der Waals surface area contributed by atoms with E-state index in [-0.39, 0.29) is 5.56 Å². The molecule has 4 nitrogen and oxygen atoms in total.